The van der Waals surface area contributed by atoms with E-state index < -0.39 is 5.60 Å². The van der Waals surface area contributed by atoms with Gasteiger partial charge < -0.3 is 10.8 Å². The summed E-state index contributed by atoms with van der Waals surface area (Å²) in [5.41, 5.74) is 6.08. The molecule has 0 unspecified atom stereocenters. The van der Waals surface area contributed by atoms with Crippen molar-refractivity contribution in [1.29, 1.82) is 0 Å². The summed E-state index contributed by atoms with van der Waals surface area (Å²) >= 11 is 0. The largest absolute Gasteiger partial charge is 0.389 e. The highest BCUT2D eigenvalue weighted by atomic mass is 16.3. The maximum absolute atomic E-state index is 11.8. The number of nitrogens with two attached hydrogens (primary N) is 1. The van der Waals surface area contributed by atoms with Gasteiger partial charge in [-0.15, -0.1) is 0 Å². The van der Waals surface area contributed by atoms with Gasteiger partial charge in [0.05, 0.1) is 5.60 Å². The fraction of sp³-hybridized carbons (Fsp3) is 1.00. The van der Waals surface area contributed by atoms with Crippen molar-refractivity contribution in [3.8, 4) is 0 Å². The van der Waals surface area contributed by atoms with Crippen LogP contribution < -0.4 is 5.73 Å². The van der Waals surface area contributed by atoms with Crippen LogP contribution in [-0.2, 0) is 0 Å². The maximum atomic E-state index is 11.8. The molecule has 0 aliphatic heterocycles. The minimum atomic E-state index is -0.579. The fourth-order valence-electron chi connectivity index (χ4n) is 5.88. The molecule has 2 heteroatoms. The van der Waals surface area contributed by atoms with E-state index in [2.05, 4.69) is 27.7 Å². The van der Waals surface area contributed by atoms with E-state index >= 15 is 0 Å². The second-order valence-corrected chi connectivity index (χ2v) is 9.64. The van der Waals surface area contributed by atoms with Gasteiger partial charge in [0.15, 0.2) is 0 Å². The van der Waals surface area contributed by atoms with Crippen molar-refractivity contribution in [2.75, 3.05) is 6.54 Å². The molecule has 21 heavy (non-hydrogen) atoms. The molecule has 2 aliphatic carbocycles. The van der Waals surface area contributed by atoms with Crippen molar-refractivity contribution in [1.82, 2.24) is 0 Å². The molecule has 0 spiro atoms. The summed E-state index contributed by atoms with van der Waals surface area (Å²) in [7, 11) is 0. The van der Waals surface area contributed by atoms with E-state index in [1.54, 1.807) is 0 Å². The third-order valence-corrected chi connectivity index (χ3v) is 6.19. The second kappa shape index (κ2) is 5.85. The van der Waals surface area contributed by atoms with Gasteiger partial charge in [0.1, 0.15) is 0 Å². The van der Waals surface area contributed by atoms with Crippen LogP contribution >= 0.6 is 0 Å². The lowest BCUT2D eigenvalue weighted by molar-refractivity contribution is -0.169. The van der Waals surface area contributed by atoms with Crippen LogP contribution in [0.25, 0.3) is 0 Å². The van der Waals surface area contributed by atoms with Crippen molar-refractivity contribution >= 4 is 0 Å². The number of hydrogen-bond donors (Lipinski definition) is 2. The second-order valence-electron chi connectivity index (χ2n) is 9.64. The Kier molecular flexibility index (Phi) is 4.81. The minimum Gasteiger partial charge on any atom is -0.389 e. The highest BCUT2D eigenvalue weighted by Crippen LogP contribution is 2.58. The summed E-state index contributed by atoms with van der Waals surface area (Å²) in [4.78, 5) is 0. The first kappa shape index (κ1) is 17.3. The Hall–Kier alpha value is -0.0800. The Bertz CT molecular complexity index is 335. The Morgan fingerprint density at radius 3 is 1.62 bits per heavy atom. The lowest BCUT2D eigenvalue weighted by atomic mass is 9.50. The molecule has 2 saturated carbocycles. The zero-order valence-electron chi connectivity index (χ0n) is 14.8. The molecule has 2 rings (SSSR count). The van der Waals surface area contributed by atoms with Gasteiger partial charge in [-0.3, -0.25) is 0 Å². The van der Waals surface area contributed by atoms with Crippen LogP contribution in [0.5, 0.6) is 0 Å². The van der Waals surface area contributed by atoms with Crippen LogP contribution in [0.4, 0.5) is 0 Å². The average molecular weight is 296 g/mol. The third kappa shape index (κ3) is 3.64. The molecule has 0 atom stereocenters. The van der Waals surface area contributed by atoms with Gasteiger partial charge >= 0.3 is 0 Å². The lowest BCUT2D eigenvalue weighted by Crippen LogP contribution is -2.59. The van der Waals surface area contributed by atoms with Crippen molar-refractivity contribution in [2.24, 2.45) is 22.0 Å². The quantitative estimate of drug-likeness (QED) is 0.779. The van der Waals surface area contributed by atoms with E-state index in [-0.39, 0.29) is 16.2 Å². The number of aliphatic hydroxyl groups is 1. The van der Waals surface area contributed by atoms with E-state index in [4.69, 9.17) is 5.73 Å². The summed E-state index contributed by atoms with van der Waals surface area (Å²) < 4.78 is 0. The molecule has 3 N–H and O–H groups in total. The topological polar surface area (TPSA) is 46.2 Å². The summed E-state index contributed by atoms with van der Waals surface area (Å²) in [5.74, 6) is 0. The number of rotatable bonds is 2. The molecule has 2 fully saturated rings. The normalized spacial score (nSPS) is 31.1. The molecule has 0 aromatic rings. The van der Waals surface area contributed by atoms with Crippen molar-refractivity contribution in [3.05, 3.63) is 0 Å². The Balaban J connectivity index is 2.32. The first-order valence-corrected chi connectivity index (χ1v) is 9.06. The summed E-state index contributed by atoms with van der Waals surface area (Å²) in [5, 5.41) is 11.8. The van der Waals surface area contributed by atoms with E-state index in [0.29, 0.717) is 6.54 Å². The average Bonchev–Trinajstić information content (AvgIpc) is 2.23. The Morgan fingerprint density at radius 1 is 0.762 bits per heavy atom. The van der Waals surface area contributed by atoms with E-state index in [1.807, 2.05) is 0 Å². The van der Waals surface area contributed by atoms with Gasteiger partial charge in [-0.2, -0.15) is 0 Å². The maximum Gasteiger partial charge on any atom is 0.0725 e. The summed E-state index contributed by atoms with van der Waals surface area (Å²) in [6.07, 6.45) is 11.7. The molecule has 124 valence electrons. The summed E-state index contributed by atoms with van der Waals surface area (Å²) in [6, 6.07) is 0. The highest BCUT2D eigenvalue weighted by molar-refractivity contribution is 5.08. The van der Waals surface area contributed by atoms with E-state index in [9.17, 15) is 5.11 Å². The molecule has 0 bridgehead atoms. The molecule has 2 nitrogen and oxygen atoms in total. The van der Waals surface area contributed by atoms with Gasteiger partial charge in [-0.1, -0.05) is 59.8 Å². The van der Waals surface area contributed by atoms with Crippen LogP contribution in [0, 0.1) is 16.2 Å². The molecule has 0 aromatic carbocycles. The van der Waals surface area contributed by atoms with Crippen molar-refractivity contribution in [2.45, 2.75) is 97.5 Å². The van der Waals surface area contributed by atoms with Crippen LogP contribution in [0.1, 0.15) is 91.9 Å². The highest BCUT2D eigenvalue weighted by Gasteiger charge is 2.56. The SMILES string of the molecule is CC1(C)CC(C)(C)CC(O)(C2(CN)CCCCCCC2)C1. The van der Waals surface area contributed by atoms with Gasteiger partial charge in [-0.25, -0.2) is 0 Å². The minimum absolute atomic E-state index is 0.0532. The molecule has 0 heterocycles. The number of hydrogen-bond acceptors (Lipinski definition) is 2. The van der Waals surface area contributed by atoms with Crippen LogP contribution in [-0.4, -0.2) is 17.3 Å². The first-order valence-electron chi connectivity index (χ1n) is 9.06. The predicted molar refractivity (Wildman–Crippen MR) is 90.2 cm³/mol. The standard InChI is InChI=1S/C19H37NO/c1-16(2)12-17(3,4)14-19(21,13-16)18(15-20)10-8-6-5-7-9-11-18/h21H,5-15,20H2,1-4H3. The third-order valence-electron chi connectivity index (χ3n) is 6.19. The van der Waals surface area contributed by atoms with Gasteiger partial charge in [-0.05, 0) is 42.9 Å². The van der Waals surface area contributed by atoms with E-state index in [0.717, 1.165) is 25.7 Å². The monoisotopic (exact) mass is 295 g/mol. The zero-order chi connectivity index (χ0) is 15.8. The van der Waals surface area contributed by atoms with Gasteiger partial charge in [0, 0.05) is 12.0 Å². The fourth-order valence-corrected chi connectivity index (χ4v) is 5.88. The Labute approximate surface area is 131 Å². The lowest BCUT2D eigenvalue weighted by Gasteiger charge is -2.58. The molecule has 0 radical (unpaired) electrons. The van der Waals surface area contributed by atoms with Crippen LogP contribution in [0.3, 0.4) is 0 Å². The van der Waals surface area contributed by atoms with Crippen molar-refractivity contribution in [3.63, 3.8) is 0 Å². The molecular weight excluding hydrogens is 258 g/mol. The zero-order valence-corrected chi connectivity index (χ0v) is 14.8. The smallest absolute Gasteiger partial charge is 0.0725 e. The van der Waals surface area contributed by atoms with Crippen LogP contribution in [0.2, 0.25) is 0 Å². The van der Waals surface area contributed by atoms with Gasteiger partial charge in [0.25, 0.3) is 0 Å². The van der Waals surface area contributed by atoms with Gasteiger partial charge in [0.2, 0.25) is 0 Å². The molecule has 0 amide bonds. The summed E-state index contributed by atoms with van der Waals surface area (Å²) in [6.45, 7) is 9.95. The predicted octanol–water partition coefficient (Wildman–Crippen LogP) is 4.64. The molecule has 2 aliphatic rings. The first-order chi connectivity index (χ1) is 9.64. The molecule has 0 saturated heterocycles. The van der Waals surface area contributed by atoms with Crippen LogP contribution in [0.15, 0.2) is 0 Å². The Morgan fingerprint density at radius 2 is 1.19 bits per heavy atom. The molecule has 0 aromatic heterocycles. The van der Waals surface area contributed by atoms with Crippen molar-refractivity contribution < 1.29 is 5.11 Å². The molecular formula is C19H37NO. The van der Waals surface area contributed by atoms with E-state index in [1.165, 1.54) is 38.5 Å².